The Hall–Kier alpha value is -2.29. The highest BCUT2D eigenvalue weighted by atomic mass is 16.2. The zero-order valence-electron chi connectivity index (χ0n) is 14.1. The van der Waals surface area contributed by atoms with Gasteiger partial charge in [0.1, 0.15) is 0 Å². The minimum Gasteiger partial charge on any atom is -0.384 e. The molecule has 1 aliphatic rings. The number of nitrogens with one attached hydrogen (secondary N) is 1. The highest BCUT2D eigenvalue weighted by Gasteiger charge is 2.29. The highest BCUT2D eigenvalue weighted by molar-refractivity contribution is 5.96. The summed E-state index contributed by atoms with van der Waals surface area (Å²) in [5, 5.41) is 3.43. The van der Waals surface area contributed by atoms with Crippen molar-refractivity contribution in [2.24, 2.45) is 0 Å². The molecule has 0 saturated heterocycles. The summed E-state index contributed by atoms with van der Waals surface area (Å²) in [6.45, 7) is 6.97. The predicted molar refractivity (Wildman–Crippen MR) is 96.1 cm³/mol. The molecule has 1 atom stereocenters. The van der Waals surface area contributed by atoms with E-state index in [-0.39, 0.29) is 11.9 Å². The van der Waals surface area contributed by atoms with Gasteiger partial charge in [0.2, 0.25) is 5.91 Å². The number of para-hydroxylation sites is 2. The van der Waals surface area contributed by atoms with Gasteiger partial charge in [-0.15, -0.1) is 0 Å². The Morgan fingerprint density at radius 2 is 1.83 bits per heavy atom. The Labute approximate surface area is 138 Å². The number of benzene rings is 2. The third-order valence-corrected chi connectivity index (χ3v) is 4.60. The van der Waals surface area contributed by atoms with E-state index in [0.717, 1.165) is 17.8 Å². The van der Waals surface area contributed by atoms with Crippen LogP contribution < -0.4 is 10.2 Å². The summed E-state index contributed by atoms with van der Waals surface area (Å²) in [5.74, 6) is 0.196. The Morgan fingerprint density at radius 1 is 1.13 bits per heavy atom. The molecular weight excluding hydrogens is 284 g/mol. The fourth-order valence-electron chi connectivity index (χ4n) is 3.45. The molecule has 0 aromatic heterocycles. The summed E-state index contributed by atoms with van der Waals surface area (Å²) in [5.41, 5.74) is 5.94. The molecule has 1 aliphatic heterocycles. The Balaban J connectivity index is 1.64. The monoisotopic (exact) mass is 308 g/mol. The number of rotatable bonds is 4. The lowest BCUT2D eigenvalue weighted by atomic mass is 10.1. The summed E-state index contributed by atoms with van der Waals surface area (Å²) in [7, 11) is 0. The number of amides is 1. The lowest BCUT2D eigenvalue weighted by Gasteiger charge is -2.23. The van der Waals surface area contributed by atoms with Crippen molar-refractivity contribution in [1.29, 1.82) is 0 Å². The second-order valence-corrected chi connectivity index (χ2v) is 6.39. The molecule has 1 unspecified atom stereocenters. The molecule has 2 aromatic carbocycles. The average Bonchev–Trinajstić information content (AvgIpc) is 2.86. The van der Waals surface area contributed by atoms with Crippen molar-refractivity contribution in [3.63, 3.8) is 0 Å². The quantitative estimate of drug-likeness (QED) is 0.923. The maximum Gasteiger partial charge on any atom is 0.229 e. The van der Waals surface area contributed by atoms with E-state index in [2.05, 4.69) is 56.4 Å². The minimum atomic E-state index is 0.196. The molecule has 0 radical (unpaired) electrons. The molecule has 2 aromatic rings. The molecule has 0 fully saturated rings. The van der Waals surface area contributed by atoms with E-state index in [0.29, 0.717) is 13.0 Å². The van der Waals surface area contributed by atoms with E-state index >= 15 is 0 Å². The van der Waals surface area contributed by atoms with E-state index in [1.54, 1.807) is 0 Å². The summed E-state index contributed by atoms with van der Waals surface area (Å²) in [6, 6.07) is 14.7. The third kappa shape index (κ3) is 3.09. The van der Waals surface area contributed by atoms with Gasteiger partial charge in [0.05, 0.1) is 0 Å². The van der Waals surface area contributed by atoms with Gasteiger partial charge in [-0.3, -0.25) is 4.79 Å². The number of aryl methyl sites for hydroxylation is 2. The summed E-state index contributed by atoms with van der Waals surface area (Å²) < 4.78 is 0. The van der Waals surface area contributed by atoms with Crippen LogP contribution in [0, 0.1) is 13.8 Å². The van der Waals surface area contributed by atoms with Crippen LogP contribution in [0.4, 0.5) is 11.4 Å². The van der Waals surface area contributed by atoms with Crippen LogP contribution in [0.3, 0.4) is 0 Å². The first kappa shape index (κ1) is 15.6. The molecule has 23 heavy (non-hydrogen) atoms. The fraction of sp³-hybridized carbons (Fsp3) is 0.350. The predicted octanol–water partition coefficient (Wildman–Crippen LogP) is 4.08. The molecule has 0 saturated carbocycles. The Kier molecular flexibility index (Phi) is 4.37. The van der Waals surface area contributed by atoms with Crippen molar-refractivity contribution in [3.05, 3.63) is 59.2 Å². The second-order valence-electron chi connectivity index (χ2n) is 6.39. The molecule has 1 amide bonds. The summed E-state index contributed by atoms with van der Waals surface area (Å²) in [6.07, 6.45) is 1.46. The van der Waals surface area contributed by atoms with Crippen molar-refractivity contribution < 1.29 is 4.79 Å². The molecule has 0 aliphatic carbocycles. The zero-order chi connectivity index (χ0) is 16.4. The number of hydrogen-bond acceptors (Lipinski definition) is 2. The topological polar surface area (TPSA) is 32.3 Å². The first-order chi connectivity index (χ1) is 11.1. The maximum atomic E-state index is 12.7. The average molecular weight is 308 g/mol. The number of carbonyl (C=O) groups excluding carboxylic acids is 1. The molecule has 3 heteroatoms. The first-order valence-electron chi connectivity index (χ1n) is 8.28. The van der Waals surface area contributed by atoms with Gasteiger partial charge in [0.25, 0.3) is 0 Å². The van der Waals surface area contributed by atoms with Gasteiger partial charge >= 0.3 is 0 Å². The molecule has 3 nitrogen and oxygen atoms in total. The van der Waals surface area contributed by atoms with E-state index in [1.807, 2.05) is 17.0 Å². The SMILES string of the molecule is Cc1cccc(C)c1NCCC(=O)N1c2ccccc2CC1C. The number of nitrogens with zero attached hydrogens (tertiary/aromatic N) is 1. The molecule has 0 bridgehead atoms. The van der Waals surface area contributed by atoms with Gasteiger partial charge in [-0.1, -0.05) is 36.4 Å². The van der Waals surface area contributed by atoms with E-state index < -0.39 is 0 Å². The number of anilines is 2. The minimum absolute atomic E-state index is 0.196. The van der Waals surface area contributed by atoms with Crippen LogP contribution in [0.15, 0.2) is 42.5 Å². The molecule has 3 rings (SSSR count). The van der Waals surface area contributed by atoms with Crippen molar-refractivity contribution >= 4 is 17.3 Å². The number of hydrogen-bond donors (Lipinski definition) is 1. The molecule has 1 heterocycles. The van der Waals surface area contributed by atoms with Gasteiger partial charge in [0.15, 0.2) is 0 Å². The highest BCUT2D eigenvalue weighted by Crippen LogP contribution is 2.32. The number of fused-ring (bicyclic) bond motifs is 1. The normalized spacial score (nSPS) is 16.3. The smallest absolute Gasteiger partial charge is 0.229 e. The fourth-order valence-corrected chi connectivity index (χ4v) is 3.45. The van der Waals surface area contributed by atoms with E-state index in [4.69, 9.17) is 0 Å². The standard InChI is InChI=1S/C20H24N2O/c1-14-7-6-8-15(2)20(14)21-12-11-19(23)22-16(3)13-17-9-4-5-10-18(17)22/h4-10,16,21H,11-13H2,1-3H3. The van der Waals surface area contributed by atoms with Gasteiger partial charge in [-0.25, -0.2) is 0 Å². The Morgan fingerprint density at radius 3 is 2.57 bits per heavy atom. The van der Waals surface area contributed by atoms with Crippen LogP contribution in [-0.2, 0) is 11.2 Å². The second kappa shape index (κ2) is 6.45. The Bertz CT molecular complexity index is 703. The lowest BCUT2D eigenvalue weighted by molar-refractivity contribution is -0.118. The van der Waals surface area contributed by atoms with Gasteiger partial charge in [-0.2, -0.15) is 0 Å². The van der Waals surface area contributed by atoms with Gasteiger partial charge in [-0.05, 0) is 49.9 Å². The van der Waals surface area contributed by atoms with Crippen LogP contribution >= 0.6 is 0 Å². The molecule has 0 spiro atoms. The first-order valence-corrected chi connectivity index (χ1v) is 8.28. The summed E-state index contributed by atoms with van der Waals surface area (Å²) >= 11 is 0. The van der Waals surface area contributed by atoms with Crippen molar-refractivity contribution in [2.75, 3.05) is 16.8 Å². The molecule has 1 N–H and O–H groups in total. The van der Waals surface area contributed by atoms with Crippen molar-refractivity contribution in [3.8, 4) is 0 Å². The third-order valence-electron chi connectivity index (χ3n) is 4.60. The van der Waals surface area contributed by atoms with Crippen LogP contribution in [0.5, 0.6) is 0 Å². The number of carbonyl (C=O) groups is 1. The van der Waals surface area contributed by atoms with Crippen LogP contribution in [0.2, 0.25) is 0 Å². The van der Waals surface area contributed by atoms with E-state index in [1.165, 1.54) is 16.7 Å². The van der Waals surface area contributed by atoms with E-state index in [9.17, 15) is 4.79 Å². The van der Waals surface area contributed by atoms with Gasteiger partial charge < -0.3 is 10.2 Å². The maximum absolute atomic E-state index is 12.7. The summed E-state index contributed by atoms with van der Waals surface area (Å²) in [4.78, 5) is 14.6. The zero-order valence-corrected chi connectivity index (χ0v) is 14.1. The van der Waals surface area contributed by atoms with Gasteiger partial charge in [0, 0.05) is 30.4 Å². The molecular formula is C20H24N2O. The van der Waals surface area contributed by atoms with Crippen molar-refractivity contribution in [1.82, 2.24) is 0 Å². The van der Waals surface area contributed by atoms with Crippen molar-refractivity contribution in [2.45, 2.75) is 39.7 Å². The lowest BCUT2D eigenvalue weighted by Crippen LogP contribution is -2.36. The largest absolute Gasteiger partial charge is 0.384 e. The van der Waals surface area contributed by atoms with Crippen LogP contribution in [0.1, 0.15) is 30.0 Å². The van der Waals surface area contributed by atoms with Crippen LogP contribution in [0.25, 0.3) is 0 Å². The molecule has 120 valence electrons. The van der Waals surface area contributed by atoms with Crippen LogP contribution in [-0.4, -0.2) is 18.5 Å².